The Morgan fingerprint density at radius 1 is 1.32 bits per heavy atom. The van der Waals surface area contributed by atoms with Crippen LogP contribution in [0.25, 0.3) is 10.2 Å². The third-order valence-electron chi connectivity index (χ3n) is 4.64. The molecule has 0 aliphatic heterocycles. The molecule has 1 N–H and O–H groups in total. The summed E-state index contributed by atoms with van der Waals surface area (Å²) in [6, 6.07) is 6.16. The maximum Gasteiger partial charge on any atom is 0.408 e. The van der Waals surface area contributed by atoms with Crippen LogP contribution in [0.1, 0.15) is 50.1 Å². The lowest BCUT2D eigenvalue weighted by Crippen LogP contribution is -2.32. The lowest BCUT2D eigenvalue weighted by atomic mass is 9.72. The van der Waals surface area contributed by atoms with Crippen molar-refractivity contribution in [3.8, 4) is 0 Å². The van der Waals surface area contributed by atoms with Crippen molar-refractivity contribution in [2.45, 2.75) is 51.7 Å². The van der Waals surface area contributed by atoms with E-state index in [4.69, 9.17) is 4.74 Å². The van der Waals surface area contributed by atoms with Crippen LogP contribution in [0.5, 0.6) is 0 Å². The maximum atomic E-state index is 11.8. The Hall–Kier alpha value is -1.71. The summed E-state index contributed by atoms with van der Waals surface area (Å²) in [6.45, 7) is 5.79. The molecule has 1 fully saturated rings. The minimum absolute atomic E-state index is 0.0866. The summed E-state index contributed by atoms with van der Waals surface area (Å²) >= 11 is 1.54. The van der Waals surface area contributed by atoms with Crippen molar-refractivity contribution in [3.63, 3.8) is 0 Å². The fourth-order valence-corrected chi connectivity index (χ4v) is 5.22. The zero-order chi connectivity index (χ0) is 20.5. The van der Waals surface area contributed by atoms with Gasteiger partial charge in [0.15, 0.2) is 0 Å². The van der Waals surface area contributed by atoms with Crippen LogP contribution in [-0.4, -0.2) is 38.0 Å². The number of carbonyl (C=O) groups is 1. The smallest absolute Gasteiger partial charge is 0.408 e. The van der Waals surface area contributed by atoms with E-state index in [1.807, 2.05) is 26.8 Å². The Kier molecular flexibility index (Phi) is 5.97. The molecule has 1 saturated carbocycles. The fourth-order valence-electron chi connectivity index (χ4n) is 3.28. The minimum Gasteiger partial charge on any atom is -0.444 e. The van der Waals surface area contributed by atoms with Crippen LogP contribution < -0.4 is 5.32 Å². The molecule has 28 heavy (non-hydrogen) atoms. The molecular formula is C19H26N2O5S2. The van der Waals surface area contributed by atoms with Gasteiger partial charge in [-0.1, -0.05) is 6.07 Å². The molecule has 0 bridgehead atoms. The highest BCUT2D eigenvalue weighted by atomic mass is 32.2. The number of nitrogens with one attached hydrogen (secondary N) is 1. The molecule has 3 rings (SSSR count). The van der Waals surface area contributed by atoms with E-state index >= 15 is 0 Å². The largest absolute Gasteiger partial charge is 0.444 e. The van der Waals surface area contributed by atoms with E-state index in [0.29, 0.717) is 12.5 Å². The van der Waals surface area contributed by atoms with Gasteiger partial charge in [-0.25, -0.2) is 9.78 Å². The van der Waals surface area contributed by atoms with Gasteiger partial charge in [0.25, 0.3) is 10.1 Å². The molecule has 1 aromatic heterocycles. The van der Waals surface area contributed by atoms with E-state index in [0.717, 1.165) is 28.1 Å². The maximum absolute atomic E-state index is 11.8. The number of hydrogen-bond acceptors (Lipinski definition) is 7. The number of alkyl carbamates (subject to hydrolysis) is 1. The lowest BCUT2D eigenvalue weighted by Gasteiger charge is -2.35. The molecule has 1 aromatic carbocycles. The first-order chi connectivity index (χ1) is 13.0. The quantitative estimate of drug-likeness (QED) is 0.706. The Morgan fingerprint density at radius 3 is 2.68 bits per heavy atom. The van der Waals surface area contributed by atoms with Crippen molar-refractivity contribution >= 4 is 37.8 Å². The number of amides is 1. The summed E-state index contributed by atoms with van der Waals surface area (Å²) in [7, 11) is -2.19. The van der Waals surface area contributed by atoms with Crippen molar-refractivity contribution in [1.29, 1.82) is 0 Å². The number of ether oxygens (including phenoxy) is 1. The Labute approximate surface area is 169 Å². The van der Waals surface area contributed by atoms with Gasteiger partial charge in [-0.2, -0.15) is 8.42 Å². The van der Waals surface area contributed by atoms with Gasteiger partial charge >= 0.3 is 6.09 Å². The van der Waals surface area contributed by atoms with Crippen molar-refractivity contribution in [2.75, 3.05) is 12.9 Å². The van der Waals surface area contributed by atoms with Crippen molar-refractivity contribution in [1.82, 2.24) is 10.3 Å². The minimum atomic E-state index is -3.39. The van der Waals surface area contributed by atoms with E-state index in [1.165, 1.54) is 12.7 Å². The molecule has 1 aliphatic rings. The zero-order valence-electron chi connectivity index (χ0n) is 16.5. The van der Waals surface area contributed by atoms with E-state index < -0.39 is 21.8 Å². The summed E-state index contributed by atoms with van der Waals surface area (Å²) in [5.41, 5.74) is 1.57. The van der Waals surface area contributed by atoms with Crippen LogP contribution in [-0.2, 0) is 25.6 Å². The van der Waals surface area contributed by atoms with Gasteiger partial charge < -0.3 is 10.1 Å². The zero-order valence-corrected chi connectivity index (χ0v) is 18.2. The molecule has 154 valence electrons. The molecule has 0 radical (unpaired) electrons. The molecule has 0 atom stereocenters. The third-order valence-corrected chi connectivity index (χ3v) is 7.05. The molecule has 0 unspecified atom stereocenters. The first-order valence-electron chi connectivity index (χ1n) is 9.19. The first-order valence-corrected chi connectivity index (χ1v) is 11.6. The molecular weight excluding hydrogens is 400 g/mol. The normalized spacial score (nSPS) is 20.0. The van der Waals surface area contributed by atoms with E-state index in [9.17, 15) is 13.2 Å². The van der Waals surface area contributed by atoms with Gasteiger partial charge in [0.05, 0.1) is 29.6 Å². The molecule has 1 heterocycles. The predicted molar refractivity (Wildman–Crippen MR) is 109 cm³/mol. The summed E-state index contributed by atoms with van der Waals surface area (Å²) in [6.07, 6.45) is 1.24. The number of aromatic nitrogens is 1. The first kappa shape index (κ1) is 21.0. The monoisotopic (exact) mass is 426 g/mol. The van der Waals surface area contributed by atoms with E-state index in [2.05, 4.69) is 26.6 Å². The molecule has 1 aliphatic carbocycles. The highest BCUT2D eigenvalue weighted by Gasteiger charge is 2.33. The van der Waals surface area contributed by atoms with Crippen LogP contribution in [0.4, 0.5) is 4.79 Å². The standard InChI is InChI=1S/C19H26N2O5S2/c1-19(2,3)26-18(22)20-10-17-21-15-6-5-13(9-16(15)27-17)14-7-12(8-14)11-28(23,24)25-4/h5-6,9,12,14H,7-8,10-11H2,1-4H3,(H,20,22)/t12-,14-. The van der Waals surface area contributed by atoms with Crippen molar-refractivity contribution < 1.29 is 22.1 Å². The SMILES string of the molecule is COS(=O)(=O)C[C@H]1C[C@H](c2ccc3nc(CNC(=O)OC(C)(C)C)sc3c2)C1. The van der Waals surface area contributed by atoms with Gasteiger partial charge in [-0.05, 0) is 63.1 Å². The van der Waals surface area contributed by atoms with Gasteiger partial charge in [-0.15, -0.1) is 11.3 Å². The topological polar surface area (TPSA) is 94.6 Å². The van der Waals surface area contributed by atoms with Crippen LogP contribution >= 0.6 is 11.3 Å². The number of benzene rings is 1. The predicted octanol–water partition coefficient (Wildman–Crippen LogP) is 3.79. The van der Waals surface area contributed by atoms with Crippen LogP contribution in [0, 0.1) is 5.92 Å². The summed E-state index contributed by atoms with van der Waals surface area (Å²) in [4.78, 5) is 16.3. The Morgan fingerprint density at radius 2 is 2.04 bits per heavy atom. The summed E-state index contributed by atoms with van der Waals surface area (Å²) in [5, 5.41) is 3.54. The molecule has 9 heteroatoms. The molecule has 7 nitrogen and oxygen atoms in total. The number of thiazole rings is 1. The van der Waals surface area contributed by atoms with Gasteiger partial charge in [0, 0.05) is 0 Å². The summed E-state index contributed by atoms with van der Waals surface area (Å²) < 4.78 is 33.9. The molecule has 2 aromatic rings. The number of rotatable bonds is 6. The highest BCUT2D eigenvalue weighted by molar-refractivity contribution is 7.86. The van der Waals surface area contributed by atoms with Gasteiger partial charge in [-0.3, -0.25) is 4.18 Å². The molecule has 1 amide bonds. The second-order valence-electron chi connectivity index (χ2n) is 8.12. The second-order valence-corrected chi connectivity index (χ2v) is 11.0. The summed E-state index contributed by atoms with van der Waals surface area (Å²) in [5.74, 6) is 0.608. The Balaban J connectivity index is 1.59. The number of hydrogen-bond donors (Lipinski definition) is 1. The average molecular weight is 427 g/mol. The van der Waals surface area contributed by atoms with Gasteiger partial charge in [0.2, 0.25) is 0 Å². The van der Waals surface area contributed by atoms with E-state index in [1.54, 1.807) is 11.3 Å². The van der Waals surface area contributed by atoms with Crippen LogP contribution in [0.2, 0.25) is 0 Å². The molecule has 0 spiro atoms. The van der Waals surface area contributed by atoms with Crippen LogP contribution in [0.3, 0.4) is 0 Å². The second kappa shape index (κ2) is 7.96. The lowest BCUT2D eigenvalue weighted by molar-refractivity contribution is 0.0523. The average Bonchev–Trinajstić information content (AvgIpc) is 2.96. The Bertz CT molecular complexity index is 956. The van der Waals surface area contributed by atoms with E-state index in [-0.39, 0.29) is 11.7 Å². The highest BCUT2D eigenvalue weighted by Crippen LogP contribution is 2.43. The number of nitrogens with zero attached hydrogens (tertiary/aromatic N) is 1. The van der Waals surface area contributed by atoms with Gasteiger partial charge in [0.1, 0.15) is 10.6 Å². The fraction of sp³-hybridized carbons (Fsp3) is 0.579. The van der Waals surface area contributed by atoms with Crippen molar-refractivity contribution in [2.24, 2.45) is 5.92 Å². The van der Waals surface area contributed by atoms with Crippen LogP contribution in [0.15, 0.2) is 18.2 Å². The molecule has 0 saturated heterocycles. The third kappa shape index (κ3) is 5.42. The number of fused-ring (bicyclic) bond motifs is 1. The number of carbonyl (C=O) groups excluding carboxylic acids is 1. The van der Waals surface area contributed by atoms with Crippen molar-refractivity contribution in [3.05, 3.63) is 28.8 Å².